The van der Waals surface area contributed by atoms with Crippen LogP contribution in [0.2, 0.25) is 0 Å². The third-order valence-corrected chi connectivity index (χ3v) is 0.504. The second kappa shape index (κ2) is 9.17. The van der Waals surface area contributed by atoms with Crippen LogP contribution in [0.4, 0.5) is 0 Å². The van der Waals surface area contributed by atoms with Gasteiger partial charge in [0.25, 0.3) is 0 Å². The first-order valence-corrected chi connectivity index (χ1v) is 3.50. The van der Waals surface area contributed by atoms with E-state index in [2.05, 4.69) is 4.74 Å². The van der Waals surface area contributed by atoms with Crippen molar-refractivity contribution in [1.82, 2.24) is 0 Å². The number of hydrogen-bond acceptors (Lipinski definition) is 3. The van der Waals surface area contributed by atoms with Crippen LogP contribution in [0.25, 0.3) is 0 Å². The maximum Gasteiger partial charge on any atom is 0.330 e. The number of carbonyl (C=O) groups is 1. The molecule has 0 amide bonds. The average molecular weight is 159 g/mol. The Kier molecular flexibility index (Phi) is 10.7. The standard InChI is InChI=1S/C5H8O2.C3H9N/c1-3-4-5(6)7-2;1-3(2)4/h3-4H,1-2H3;3H,4H2,1-2H3. The lowest BCUT2D eigenvalue weighted by molar-refractivity contribution is -0.134. The number of ether oxygens (including phenoxy) is 1. The highest BCUT2D eigenvalue weighted by atomic mass is 16.5. The van der Waals surface area contributed by atoms with E-state index in [1.54, 1.807) is 13.0 Å². The minimum absolute atomic E-state index is 0.303. The Morgan fingerprint density at radius 3 is 2.00 bits per heavy atom. The van der Waals surface area contributed by atoms with Gasteiger partial charge in [-0.1, -0.05) is 19.9 Å². The number of carbonyl (C=O) groups excluding carboxylic acids is 1. The Morgan fingerprint density at radius 1 is 1.55 bits per heavy atom. The van der Waals surface area contributed by atoms with Gasteiger partial charge in [0.15, 0.2) is 0 Å². The Morgan fingerprint density at radius 2 is 1.91 bits per heavy atom. The summed E-state index contributed by atoms with van der Waals surface area (Å²) in [6.45, 7) is 5.65. The number of rotatable bonds is 1. The predicted molar refractivity (Wildman–Crippen MR) is 46.2 cm³/mol. The first-order chi connectivity index (χ1) is 5.04. The minimum Gasteiger partial charge on any atom is -0.466 e. The molecule has 0 aromatic rings. The summed E-state index contributed by atoms with van der Waals surface area (Å²) in [5, 5.41) is 0. The van der Waals surface area contributed by atoms with Gasteiger partial charge in [0.2, 0.25) is 0 Å². The molecular weight excluding hydrogens is 142 g/mol. The topological polar surface area (TPSA) is 52.3 Å². The molecule has 0 unspecified atom stereocenters. The van der Waals surface area contributed by atoms with Gasteiger partial charge in [-0.25, -0.2) is 4.79 Å². The van der Waals surface area contributed by atoms with Crippen molar-refractivity contribution < 1.29 is 9.53 Å². The fourth-order valence-corrected chi connectivity index (χ4v) is 0.204. The molecule has 2 N–H and O–H groups in total. The lowest BCUT2D eigenvalue weighted by Gasteiger charge is -1.84. The molecular formula is C8H17NO2. The zero-order chi connectivity index (χ0) is 9.28. The van der Waals surface area contributed by atoms with Crippen molar-refractivity contribution in [3.05, 3.63) is 12.2 Å². The number of nitrogens with two attached hydrogens (primary N) is 1. The minimum atomic E-state index is -0.303. The van der Waals surface area contributed by atoms with Crippen molar-refractivity contribution in [1.29, 1.82) is 0 Å². The van der Waals surface area contributed by atoms with Gasteiger partial charge in [0.05, 0.1) is 7.11 Å². The third kappa shape index (κ3) is 27.1. The van der Waals surface area contributed by atoms with Gasteiger partial charge in [-0.2, -0.15) is 0 Å². The molecule has 0 saturated carbocycles. The summed E-state index contributed by atoms with van der Waals surface area (Å²) in [5.74, 6) is -0.303. The van der Waals surface area contributed by atoms with Crippen LogP contribution >= 0.6 is 0 Å². The van der Waals surface area contributed by atoms with E-state index in [-0.39, 0.29) is 5.97 Å². The van der Waals surface area contributed by atoms with Crippen molar-refractivity contribution in [2.24, 2.45) is 5.73 Å². The van der Waals surface area contributed by atoms with Crippen LogP contribution in [0.3, 0.4) is 0 Å². The Labute approximate surface area is 68.2 Å². The SMILES string of the molecule is CC(C)N.CC=CC(=O)OC. The lowest BCUT2D eigenvalue weighted by atomic mass is 10.5. The summed E-state index contributed by atoms with van der Waals surface area (Å²) in [6.07, 6.45) is 2.99. The summed E-state index contributed by atoms with van der Waals surface area (Å²) < 4.78 is 4.26. The Balaban J connectivity index is 0. The van der Waals surface area contributed by atoms with Gasteiger partial charge in [0, 0.05) is 6.08 Å². The van der Waals surface area contributed by atoms with Crippen LogP contribution in [-0.4, -0.2) is 19.1 Å². The maximum absolute atomic E-state index is 10.1. The first-order valence-electron chi connectivity index (χ1n) is 3.50. The van der Waals surface area contributed by atoms with E-state index in [1.165, 1.54) is 13.2 Å². The summed E-state index contributed by atoms with van der Waals surface area (Å²) in [7, 11) is 1.35. The van der Waals surface area contributed by atoms with E-state index in [0.717, 1.165) is 0 Å². The van der Waals surface area contributed by atoms with Crippen LogP contribution in [0, 0.1) is 0 Å². The number of hydrogen-bond donors (Lipinski definition) is 1. The molecule has 0 rings (SSSR count). The Bertz CT molecular complexity index is 117. The third-order valence-electron chi connectivity index (χ3n) is 0.504. The number of esters is 1. The molecule has 0 heterocycles. The molecule has 0 aliphatic heterocycles. The maximum atomic E-state index is 10.1. The molecule has 0 aromatic carbocycles. The fraction of sp³-hybridized carbons (Fsp3) is 0.625. The quantitative estimate of drug-likeness (QED) is 0.460. The Hall–Kier alpha value is -0.830. The molecule has 0 aliphatic carbocycles. The summed E-state index contributed by atoms with van der Waals surface area (Å²) in [5.41, 5.74) is 5.11. The smallest absolute Gasteiger partial charge is 0.330 e. The summed E-state index contributed by atoms with van der Waals surface area (Å²) in [6, 6.07) is 0.333. The molecule has 0 spiro atoms. The van der Waals surface area contributed by atoms with E-state index in [1.807, 2.05) is 13.8 Å². The molecule has 0 aliphatic rings. The van der Waals surface area contributed by atoms with Crippen LogP contribution in [0.15, 0.2) is 12.2 Å². The van der Waals surface area contributed by atoms with Crippen LogP contribution in [0.1, 0.15) is 20.8 Å². The normalized spacial score (nSPS) is 9.27. The highest BCUT2D eigenvalue weighted by Crippen LogP contribution is 1.73. The molecule has 0 atom stereocenters. The zero-order valence-corrected chi connectivity index (χ0v) is 7.63. The fourth-order valence-electron chi connectivity index (χ4n) is 0.204. The number of allylic oxidation sites excluding steroid dienone is 1. The van der Waals surface area contributed by atoms with Crippen LogP contribution in [-0.2, 0) is 9.53 Å². The molecule has 11 heavy (non-hydrogen) atoms. The second-order valence-corrected chi connectivity index (χ2v) is 2.27. The first kappa shape index (κ1) is 12.8. The van der Waals surface area contributed by atoms with Crippen LogP contribution < -0.4 is 5.73 Å². The van der Waals surface area contributed by atoms with Crippen molar-refractivity contribution in [3.8, 4) is 0 Å². The van der Waals surface area contributed by atoms with Gasteiger partial charge < -0.3 is 10.5 Å². The van der Waals surface area contributed by atoms with Crippen molar-refractivity contribution >= 4 is 5.97 Å². The van der Waals surface area contributed by atoms with Crippen molar-refractivity contribution in [2.45, 2.75) is 26.8 Å². The monoisotopic (exact) mass is 159 g/mol. The molecule has 0 fully saturated rings. The van der Waals surface area contributed by atoms with E-state index in [4.69, 9.17) is 5.73 Å². The molecule has 0 radical (unpaired) electrons. The highest BCUT2D eigenvalue weighted by Gasteiger charge is 1.84. The molecule has 0 saturated heterocycles. The molecule has 0 bridgehead atoms. The van der Waals surface area contributed by atoms with E-state index in [9.17, 15) is 4.79 Å². The molecule has 0 aromatic heterocycles. The summed E-state index contributed by atoms with van der Waals surface area (Å²) >= 11 is 0. The van der Waals surface area contributed by atoms with Crippen molar-refractivity contribution in [3.63, 3.8) is 0 Å². The zero-order valence-electron chi connectivity index (χ0n) is 7.63. The van der Waals surface area contributed by atoms with E-state index in [0.29, 0.717) is 6.04 Å². The van der Waals surface area contributed by atoms with Gasteiger partial charge in [0.1, 0.15) is 0 Å². The average Bonchev–Trinajstić information content (AvgIpc) is 1.87. The van der Waals surface area contributed by atoms with Gasteiger partial charge in [-0.05, 0) is 13.0 Å². The molecule has 3 heteroatoms. The highest BCUT2D eigenvalue weighted by molar-refractivity contribution is 5.81. The van der Waals surface area contributed by atoms with Crippen LogP contribution in [0.5, 0.6) is 0 Å². The summed E-state index contributed by atoms with van der Waals surface area (Å²) in [4.78, 5) is 10.1. The van der Waals surface area contributed by atoms with E-state index < -0.39 is 0 Å². The van der Waals surface area contributed by atoms with Gasteiger partial charge in [-0.3, -0.25) is 0 Å². The van der Waals surface area contributed by atoms with Gasteiger partial charge >= 0.3 is 5.97 Å². The predicted octanol–water partition coefficient (Wildman–Crippen LogP) is 1.09. The lowest BCUT2D eigenvalue weighted by Crippen LogP contribution is -2.06. The van der Waals surface area contributed by atoms with E-state index >= 15 is 0 Å². The largest absolute Gasteiger partial charge is 0.466 e. The molecule has 3 nitrogen and oxygen atoms in total. The molecule has 66 valence electrons. The van der Waals surface area contributed by atoms with Crippen molar-refractivity contribution in [2.75, 3.05) is 7.11 Å². The second-order valence-electron chi connectivity index (χ2n) is 2.27. The van der Waals surface area contributed by atoms with Gasteiger partial charge in [-0.15, -0.1) is 0 Å². The number of methoxy groups -OCH3 is 1.